The molecule has 140 valence electrons. The lowest BCUT2D eigenvalue weighted by Crippen LogP contribution is -2.44. The van der Waals surface area contributed by atoms with Gasteiger partial charge < -0.3 is 25.2 Å². The summed E-state index contributed by atoms with van der Waals surface area (Å²) in [4.78, 5) is 4.62. The summed E-state index contributed by atoms with van der Waals surface area (Å²) in [7, 11) is 0. The maximum absolute atomic E-state index is 10.6. The first kappa shape index (κ1) is 20.3. The first-order valence-corrected chi connectivity index (χ1v) is 8.77. The molecule has 6 nitrogen and oxygen atoms in total. The molecule has 1 atom stereocenters. The van der Waals surface area contributed by atoms with Crippen LogP contribution in [-0.4, -0.2) is 49.6 Å². The molecule has 0 spiro atoms. The lowest BCUT2D eigenvalue weighted by molar-refractivity contribution is -0.0566. The third-order valence-corrected chi connectivity index (χ3v) is 4.57. The molecule has 2 aliphatic rings. The molecule has 0 saturated carbocycles. The van der Waals surface area contributed by atoms with Crippen molar-refractivity contribution >= 4 is 29.9 Å². The van der Waals surface area contributed by atoms with Gasteiger partial charge in [-0.1, -0.05) is 18.2 Å². The van der Waals surface area contributed by atoms with Gasteiger partial charge in [0.1, 0.15) is 5.75 Å². The molecular weight excluding hydrogens is 433 g/mol. The summed E-state index contributed by atoms with van der Waals surface area (Å²) in [6.07, 6.45) is 2.16. The number of benzene rings is 1. The van der Waals surface area contributed by atoms with E-state index in [2.05, 4.69) is 21.7 Å². The molecule has 1 aromatic rings. The van der Waals surface area contributed by atoms with Crippen LogP contribution < -0.4 is 15.4 Å². The highest BCUT2D eigenvalue weighted by Gasteiger charge is 2.30. The predicted molar refractivity (Wildman–Crippen MR) is 109 cm³/mol. The average Bonchev–Trinajstić information content (AvgIpc) is 2.61. The van der Waals surface area contributed by atoms with Crippen LogP contribution in [0.3, 0.4) is 0 Å². The molecule has 3 rings (SSSR count). The number of ether oxygens (including phenoxy) is 2. The highest BCUT2D eigenvalue weighted by atomic mass is 127. The summed E-state index contributed by atoms with van der Waals surface area (Å²) >= 11 is 0. The van der Waals surface area contributed by atoms with E-state index in [1.54, 1.807) is 0 Å². The number of nitrogens with one attached hydrogen (secondary N) is 2. The number of hydrogen-bond acceptors (Lipinski definition) is 4. The molecular formula is C18H28IN3O3. The molecule has 1 unspecified atom stereocenters. The van der Waals surface area contributed by atoms with Crippen molar-refractivity contribution in [2.75, 3.05) is 32.9 Å². The van der Waals surface area contributed by atoms with Crippen LogP contribution >= 0.6 is 24.0 Å². The molecule has 0 bridgehead atoms. The number of fused-ring (bicyclic) bond motifs is 1. The molecule has 25 heavy (non-hydrogen) atoms. The van der Waals surface area contributed by atoms with Gasteiger partial charge in [0.05, 0.1) is 24.8 Å². The summed E-state index contributed by atoms with van der Waals surface area (Å²) in [6.45, 7) is 5.09. The summed E-state index contributed by atoms with van der Waals surface area (Å²) in [5.41, 5.74) is 0.396. The second-order valence-corrected chi connectivity index (χ2v) is 6.40. The maximum Gasteiger partial charge on any atom is 0.191 e. The molecule has 0 radical (unpaired) electrons. The summed E-state index contributed by atoms with van der Waals surface area (Å²) < 4.78 is 11.0. The van der Waals surface area contributed by atoms with Gasteiger partial charge in [-0.15, -0.1) is 24.0 Å². The maximum atomic E-state index is 10.6. The first-order chi connectivity index (χ1) is 11.7. The number of para-hydroxylation sites is 1. The lowest BCUT2D eigenvalue weighted by atomic mass is 9.95. The van der Waals surface area contributed by atoms with Crippen molar-refractivity contribution in [1.29, 1.82) is 0 Å². The highest BCUT2D eigenvalue weighted by molar-refractivity contribution is 14.0. The van der Waals surface area contributed by atoms with Crippen LogP contribution in [0.1, 0.15) is 37.8 Å². The van der Waals surface area contributed by atoms with Gasteiger partial charge in [-0.05, 0) is 13.0 Å². The molecule has 0 aliphatic carbocycles. The Kier molecular flexibility index (Phi) is 7.77. The predicted octanol–water partition coefficient (Wildman–Crippen LogP) is 2.22. The van der Waals surface area contributed by atoms with E-state index in [1.165, 1.54) is 0 Å². The SMILES string of the molecule is CCNC(=NCC1(O)CCOCC1)NC1CCOc2ccccc21.I. The van der Waals surface area contributed by atoms with E-state index in [1.807, 2.05) is 25.1 Å². The minimum atomic E-state index is -0.756. The van der Waals surface area contributed by atoms with E-state index in [4.69, 9.17) is 9.47 Å². The fourth-order valence-corrected chi connectivity index (χ4v) is 3.11. The number of aliphatic hydroxyl groups is 1. The van der Waals surface area contributed by atoms with Crippen molar-refractivity contribution < 1.29 is 14.6 Å². The smallest absolute Gasteiger partial charge is 0.191 e. The summed E-state index contributed by atoms with van der Waals surface area (Å²) in [5.74, 6) is 1.67. The number of halogens is 1. The Labute approximate surface area is 166 Å². The monoisotopic (exact) mass is 461 g/mol. The van der Waals surface area contributed by atoms with Crippen molar-refractivity contribution in [3.05, 3.63) is 29.8 Å². The molecule has 2 aliphatic heterocycles. The number of rotatable bonds is 4. The Morgan fingerprint density at radius 1 is 1.28 bits per heavy atom. The van der Waals surface area contributed by atoms with E-state index in [9.17, 15) is 5.11 Å². The molecule has 1 saturated heterocycles. The van der Waals surface area contributed by atoms with Gasteiger partial charge >= 0.3 is 0 Å². The Morgan fingerprint density at radius 3 is 2.80 bits per heavy atom. The zero-order chi connectivity index (χ0) is 16.8. The second-order valence-electron chi connectivity index (χ2n) is 6.40. The van der Waals surface area contributed by atoms with Gasteiger partial charge in [-0.3, -0.25) is 4.99 Å². The minimum absolute atomic E-state index is 0. The number of guanidine groups is 1. The third kappa shape index (κ3) is 5.46. The van der Waals surface area contributed by atoms with E-state index >= 15 is 0 Å². The quantitative estimate of drug-likeness (QED) is 0.365. The normalized spacial score (nSPS) is 22.2. The largest absolute Gasteiger partial charge is 0.493 e. The zero-order valence-corrected chi connectivity index (χ0v) is 17.0. The fourth-order valence-electron chi connectivity index (χ4n) is 3.11. The minimum Gasteiger partial charge on any atom is -0.493 e. The average molecular weight is 461 g/mol. The van der Waals surface area contributed by atoms with Crippen LogP contribution in [-0.2, 0) is 4.74 Å². The van der Waals surface area contributed by atoms with Gasteiger partial charge in [0.25, 0.3) is 0 Å². The molecule has 1 aromatic carbocycles. The van der Waals surface area contributed by atoms with E-state index < -0.39 is 5.60 Å². The summed E-state index contributed by atoms with van der Waals surface area (Å²) in [5, 5.41) is 17.3. The molecule has 0 amide bonds. The van der Waals surface area contributed by atoms with Gasteiger partial charge in [0.15, 0.2) is 5.96 Å². The highest BCUT2D eigenvalue weighted by Crippen LogP contribution is 2.31. The summed E-state index contributed by atoms with van der Waals surface area (Å²) in [6, 6.07) is 8.26. The molecule has 1 fully saturated rings. The molecule has 0 aromatic heterocycles. The van der Waals surface area contributed by atoms with Crippen LogP contribution in [0.15, 0.2) is 29.3 Å². The van der Waals surface area contributed by atoms with Crippen LogP contribution in [0.4, 0.5) is 0 Å². The standard InChI is InChI=1S/C18H27N3O3.HI/c1-2-19-17(20-13-18(22)8-11-23-12-9-18)21-15-7-10-24-16-6-4-3-5-14(15)16;/h3-6,15,22H,2,7-13H2,1H3,(H2,19,20,21);1H. The Morgan fingerprint density at radius 2 is 2.04 bits per heavy atom. The second kappa shape index (κ2) is 9.59. The van der Waals surface area contributed by atoms with Crippen molar-refractivity contribution in [2.24, 2.45) is 4.99 Å². The molecule has 7 heteroatoms. The van der Waals surface area contributed by atoms with Crippen molar-refractivity contribution in [2.45, 2.75) is 37.8 Å². The first-order valence-electron chi connectivity index (χ1n) is 8.77. The lowest BCUT2D eigenvalue weighted by Gasteiger charge is -2.31. The Bertz CT molecular complexity index is 576. The van der Waals surface area contributed by atoms with Crippen LogP contribution in [0.5, 0.6) is 5.75 Å². The zero-order valence-electron chi connectivity index (χ0n) is 14.7. The topological polar surface area (TPSA) is 75.1 Å². The van der Waals surface area contributed by atoms with Gasteiger partial charge in [-0.25, -0.2) is 0 Å². The van der Waals surface area contributed by atoms with E-state index in [0.29, 0.717) is 39.2 Å². The van der Waals surface area contributed by atoms with E-state index in [0.717, 1.165) is 30.2 Å². The van der Waals surface area contributed by atoms with Gasteiger partial charge in [-0.2, -0.15) is 0 Å². The van der Waals surface area contributed by atoms with Crippen LogP contribution in [0, 0.1) is 0 Å². The molecule has 3 N–H and O–H groups in total. The van der Waals surface area contributed by atoms with Crippen LogP contribution in [0.25, 0.3) is 0 Å². The molecule has 2 heterocycles. The Hall–Kier alpha value is -1.06. The number of hydrogen-bond donors (Lipinski definition) is 3. The Balaban J connectivity index is 0.00000225. The number of aliphatic imine (C=N–C) groups is 1. The van der Waals surface area contributed by atoms with Crippen molar-refractivity contribution in [3.8, 4) is 5.75 Å². The van der Waals surface area contributed by atoms with Crippen molar-refractivity contribution in [3.63, 3.8) is 0 Å². The fraction of sp³-hybridized carbons (Fsp3) is 0.611. The third-order valence-electron chi connectivity index (χ3n) is 4.57. The van der Waals surface area contributed by atoms with Crippen LogP contribution in [0.2, 0.25) is 0 Å². The van der Waals surface area contributed by atoms with Gasteiger partial charge in [0, 0.05) is 44.6 Å². The van der Waals surface area contributed by atoms with Gasteiger partial charge in [0.2, 0.25) is 0 Å². The number of nitrogens with zero attached hydrogens (tertiary/aromatic N) is 1. The van der Waals surface area contributed by atoms with E-state index in [-0.39, 0.29) is 30.0 Å². The van der Waals surface area contributed by atoms with Crippen molar-refractivity contribution in [1.82, 2.24) is 10.6 Å².